The normalized spacial score (nSPS) is 11.9. The first-order valence-electron chi connectivity index (χ1n) is 13.7. The topological polar surface area (TPSA) is 110 Å². The van der Waals surface area contributed by atoms with Gasteiger partial charge in [0.2, 0.25) is 5.91 Å². The zero-order valence-electron chi connectivity index (χ0n) is 23.8. The average Bonchev–Trinajstić information content (AvgIpc) is 3.53. The van der Waals surface area contributed by atoms with E-state index in [-0.39, 0.29) is 17.6 Å². The first-order chi connectivity index (χ1) is 19.9. The smallest absolute Gasteiger partial charge is 0.356 e. The Morgan fingerprint density at radius 1 is 1.05 bits per heavy atom. The number of ether oxygens (including phenoxy) is 2. The Labute approximate surface area is 238 Å². The SMILES string of the molecule is COC(=O)c1c(NC(C)=O)c2cc(N[C@H](C)CCc3ccc(OC)cc3)cnc2n1CCc1c[nH]c2ccccc12. The molecule has 0 saturated heterocycles. The minimum absolute atomic E-state index is 0.157. The number of fused-ring (bicyclic) bond motifs is 2. The number of hydrogen-bond donors (Lipinski definition) is 3. The number of rotatable bonds is 11. The molecule has 5 aromatic rings. The number of carbonyl (C=O) groups excluding carboxylic acids is 2. The maximum absolute atomic E-state index is 13.1. The fraction of sp³-hybridized carbons (Fsp3) is 0.281. The maximum atomic E-state index is 13.1. The monoisotopic (exact) mass is 553 g/mol. The summed E-state index contributed by atoms with van der Waals surface area (Å²) in [6, 6.07) is 18.3. The van der Waals surface area contributed by atoms with Gasteiger partial charge in [-0.2, -0.15) is 0 Å². The third-order valence-corrected chi connectivity index (χ3v) is 7.30. The standard InChI is InChI=1S/C32H35N5O4/c1-20(9-10-22-11-13-25(40-3)14-12-22)35-24-17-27-29(36-21(2)38)30(32(39)41-4)37(31(27)34-19-24)16-15-23-18-33-28-8-6-5-7-26(23)28/h5-8,11-14,17-20,33,35H,9-10,15-16H2,1-4H3,(H,36,38)/t20-/m1/s1. The molecule has 0 fully saturated rings. The molecule has 1 atom stereocenters. The molecule has 9 heteroatoms. The molecule has 0 saturated carbocycles. The summed E-state index contributed by atoms with van der Waals surface area (Å²) in [5, 5.41) is 8.20. The summed E-state index contributed by atoms with van der Waals surface area (Å²) in [6.45, 7) is 4.02. The molecule has 0 spiro atoms. The number of benzene rings is 2. The van der Waals surface area contributed by atoms with E-state index in [1.54, 1.807) is 13.3 Å². The van der Waals surface area contributed by atoms with Crippen molar-refractivity contribution in [3.8, 4) is 5.75 Å². The molecule has 1 amide bonds. The van der Waals surface area contributed by atoms with Gasteiger partial charge in [0.25, 0.3) is 0 Å². The molecule has 0 aliphatic heterocycles. The Balaban J connectivity index is 1.43. The number of nitrogens with zero attached hydrogens (tertiary/aromatic N) is 2. The van der Waals surface area contributed by atoms with E-state index >= 15 is 0 Å². The number of anilines is 2. The predicted molar refractivity (Wildman–Crippen MR) is 162 cm³/mol. The maximum Gasteiger partial charge on any atom is 0.356 e. The zero-order valence-corrected chi connectivity index (χ0v) is 23.8. The molecule has 41 heavy (non-hydrogen) atoms. The van der Waals surface area contributed by atoms with Crippen LogP contribution in [-0.2, 0) is 28.9 Å². The van der Waals surface area contributed by atoms with Crippen LogP contribution in [0, 0.1) is 0 Å². The van der Waals surface area contributed by atoms with Gasteiger partial charge in [-0.1, -0.05) is 30.3 Å². The molecule has 5 rings (SSSR count). The van der Waals surface area contributed by atoms with E-state index in [0.29, 0.717) is 29.7 Å². The van der Waals surface area contributed by atoms with Crippen LogP contribution in [0.4, 0.5) is 11.4 Å². The summed E-state index contributed by atoms with van der Waals surface area (Å²) in [5.74, 6) is 0.0269. The highest BCUT2D eigenvalue weighted by Crippen LogP contribution is 2.33. The van der Waals surface area contributed by atoms with Crippen LogP contribution >= 0.6 is 0 Å². The van der Waals surface area contributed by atoms with Crippen LogP contribution in [-0.4, -0.2) is 46.7 Å². The van der Waals surface area contributed by atoms with Gasteiger partial charge in [-0.15, -0.1) is 0 Å². The van der Waals surface area contributed by atoms with Crippen molar-refractivity contribution in [2.45, 2.75) is 45.7 Å². The molecule has 3 N–H and O–H groups in total. The lowest BCUT2D eigenvalue weighted by Gasteiger charge is -2.15. The Bertz CT molecular complexity index is 1690. The van der Waals surface area contributed by atoms with E-state index in [1.807, 2.05) is 47.2 Å². The highest BCUT2D eigenvalue weighted by molar-refractivity contribution is 6.11. The number of esters is 1. The van der Waals surface area contributed by atoms with Crippen molar-refractivity contribution in [3.63, 3.8) is 0 Å². The fourth-order valence-corrected chi connectivity index (χ4v) is 5.24. The van der Waals surface area contributed by atoms with E-state index in [0.717, 1.165) is 40.7 Å². The minimum atomic E-state index is -0.534. The third kappa shape index (κ3) is 6.04. The van der Waals surface area contributed by atoms with Crippen molar-refractivity contribution >= 4 is 45.2 Å². The number of H-pyrrole nitrogens is 1. The lowest BCUT2D eigenvalue weighted by atomic mass is 10.1. The fourth-order valence-electron chi connectivity index (χ4n) is 5.24. The number of aromatic nitrogens is 3. The zero-order chi connectivity index (χ0) is 28.9. The number of methoxy groups -OCH3 is 2. The molecule has 0 aliphatic carbocycles. The van der Waals surface area contributed by atoms with Crippen molar-refractivity contribution in [2.24, 2.45) is 0 Å². The summed E-state index contributed by atoms with van der Waals surface area (Å²) in [6.07, 6.45) is 6.23. The van der Waals surface area contributed by atoms with Crippen molar-refractivity contribution in [3.05, 3.63) is 83.8 Å². The quantitative estimate of drug-likeness (QED) is 0.175. The Hall–Kier alpha value is -4.79. The number of hydrogen-bond acceptors (Lipinski definition) is 6. The van der Waals surface area contributed by atoms with Gasteiger partial charge < -0.3 is 29.7 Å². The number of amides is 1. The second-order valence-electron chi connectivity index (χ2n) is 10.2. The molecular formula is C32H35N5O4. The Morgan fingerprint density at radius 3 is 2.56 bits per heavy atom. The summed E-state index contributed by atoms with van der Waals surface area (Å²) in [7, 11) is 3.00. The number of nitrogens with one attached hydrogen (secondary N) is 3. The van der Waals surface area contributed by atoms with E-state index < -0.39 is 5.97 Å². The van der Waals surface area contributed by atoms with Crippen LogP contribution in [0.1, 0.15) is 41.9 Å². The molecule has 0 unspecified atom stereocenters. The van der Waals surface area contributed by atoms with Crippen LogP contribution in [0.25, 0.3) is 21.9 Å². The number of para-hydroxylation sites is 1. The molecule has 3 heterocycles. The molecule has 9 nitrogen and oxygen atoms in total. The van der Waals surface area contributed by atoms with Gasteiger partial charge in [0, 0.05) is 42.0 Å². The lowest BCUT2D eigenvalue weighted by Crippen LogP contribution is -2.16. The largest absolute Gasteiger partial charge is 0.497 e. The number of carbonyl (C=O) groups is 2. The Morgan fingerprint density at radius 2 is 1.83 bits per heavy atom. The highest BCUT2D eigenvalue weighted by atomic mass is 16.5. The average molecular weight is 554 g/mol. The molecule has 0 aliphatic rings. The van der Waals surface area contributed by atoms with Crippen molar-refractivity contribution in [1.82, 2.24) is 14.5 Å². The lowest BCUT2D eigenvalue weighted by molar-refractivity contribution is -0.114. The van der Waals surface area contributed by atoms with Crippen LogP contribution in [0.15, 0.2) is 67.0 Å². The molecule has 0 radical (unpaired) electrons. The second-order valence-corrected chi connectivity index (χ2v) is 10.2. The summed E-state index contributed by atoms with van der Waals surface area (Å²) < 4.78 is 12.2. The predicted octanol–water partition coefficient (Wildman–Crippen LogP) is 5.95. The highest BCUT2D eigenvalue weighted by Gasteiger charge is 2.26. The molecular weight excluding hydrogens is 518 g/mol. The van der Waals surface area contributed by atoms with E-state index in [1.165, 1.54) is 19.6 Å². The first-order valence-corrected chi connectivity index (χ1v) is 13.7. The number of aryl methyl sites for hydroxylation is 3. The third-order valence-electron chi connectivity index (χ3n) is 7.30. The van der Waals surface area contributed by atoms with E-state index in [4.69, 9.17) is 14.5 Å². The molecule has 3 aromatic heterocycles. The van der Waals surface area contributed by atoms with Crippen molar-refractivity contribution in [1.29, 1.82) is 0 Å². The Kier molecular flexibility index (Phi) is 8.24. The van der Waals surface area contributed by atoms with E-state index in [2.05, 4.69) is 40.7 Å². The van der Waals surface area contributed by atoms with Crippen LogP contribution in [0.2, 0.25) is 0 Å². The summed E-state index contributed by atoms with van der Waals surface area (Å²) >= 11 is 0. The second kappa shape index (κ2) is 12.2. The van der Waals surface area contributed by atoms with Gasteiger partial charge >= 0.3 is 5.97 Å². The number of aromatic amines is 1. The van der Waals surface area contributed by atoms with Gasteiger partial charge in [-0.3, -0.25) is 4.79 Å². The first kappa shape index (κ1) is 27.8. The van der Waals surface area contributed by atoms with Gasteiger partial charge in [-0.25, -0.2) is 9.78 Å². The van der Waals surface area contributed by atoms with Gasteiger partial charge in [0.05, 0.1) is 31.8 Å². The van der Waals surface area contributed by atoms with Crippen LogP contribution in [0.3, 0.4) is 0 Å². The van der Waals surface area contributed by atoms with Gasteiger partial charge in [-0.05, 0) is 61.6 Å². The molecule has 2 aromatic carbocycles. The van der Waals surface area contributed by atoms with Gasteiger partial charge in [0.1, 0.15) is 11.4 Å². The van der Waals surface area contributed by atoms with Crippen LogP contribution in [0.5, 0.6) is 5.75 Å². The van der Waals surface area contributed by atoms with E-state index in [9.17, 15) is 9.59 Å². The minimum Gasteiger partial charge on any atom is -0.497 e. The van der Waals surface area contributed by atoms with Gasteiger partial charge in [0.15, 0.2) is 5.69 Å². The molecule has 0 bridgehead atoms. The summed E-state index contributed by atoms with van der Waals surface area (Å²) in [5.41, 5.74) is 5.50. The summed E-state index contributed by atoms with van der Waals surface area (Å²) in [4.78, 5) is 33.3. The van der Waals surface area contributed by atoms with Crippen molar-refractivity contribution < 1.29 is 19.1 Å². The van der Waals surface area contributed by atoms with Crippen molar-refractivity contribution in [2.75, 3.05) is 24.9 Å². The number of pyridine rings is 1. The van der Waals surface area contributed by atoms with Crippen LogP contribution < -0.4 is 15.4 Å². The molecule has 212 valence electrons.